The summed E-state index contributed by atoms with van der Waals surface area (Å²) in [5.74, 6) is 0.755. The van der Waals surface area contributed by atoms with Crippen molar-refractivity contribution in [1.82, 2.24) is 0 Å². The number of hydrogen-bond acceptors (Lipinski definition) is 3. The van der Waals surface area contributed by atoms with Gasteiger partial charge in [-0.1, -0.05) is 6.92 Å². The fourth-order valence-electron chi connectivity index (χ4n) is 2.38. The number of rotatable bonds is 3. The predicted octanol–water partition coefficient (Wildman–Crippen LogP) is 2.16. The first kappa shape index (κ1) is 13.4. The molecular formula is C13H20N2O2S. The van der Waals surface area contributed by atoms with E-state index in [1.807, 2.05) is 13.8 Å². The first-order valence-corrected chi connectivity index (χ1v) is 7.72. The Balaban J connectivity index is 2.31. The molecule has 0 aromatic heterocycles. The molecule has 1 aromatic carbocycles. The lowest BCUT2D eigenvalue weighted by Gasteiger charge is -2.34. The maximum absolute atomic E-state index is 11.4. The molecule has 0 atom stereocenters. The number of hydrogen-bond donors (Lipinski definition) is 2. The standard InChI is InChI=1S/C13H20N2O2S/c1-8-4-11(5-8)15-13-7-12(18(14,16)17)6-9(2)10(13)3/h6-8,11,15H,4-5H2,1-3H3,(H2,14,16,17). The first-order valence-electron chi connectivity index (χ1n) is 6.18. The van der Waals surface area contributed by atoms with E-state index >= 15 is 0 Å². The Morgan fingerprint density at radius 2 is 1.89 bits per heavy atom. The number of nitrogens with two attached hydrogens (primary N) is 1. The second kappa shape index (κ2) is 4.55. The van der Waals surface area contributed by atoms with E-state index in [4.69, 9.17) is 5.14 Å². The minimum absolute atomic E-state index is 0.181. The van der Waals surface area contributed by atoms with Gasteiger partial charge < -0.3 is 5.32 Å². The monoisotopic (exact) mass is 268 g/mol. The molecule has 100 valence electrons. The van der Waals surface area contributed by atoms with Gasteiger partial charge in [0.2, 0.25) is 10.0 Å². The van der Waals surface area contributed by atoms with Gasteiger partial charge in [-0.25, -0.2) is 13.6 Å². The van der Waals surface area contributed by atoms with Crippen molar-refractivity contribution in [3.63, 3.8) is 0 Å². The Morgan fingerprint density at radius 1 is 1.28 bits per heavy atom. The third-order valence-electron chi connectivity index (χ3n) is 3.70. The quantitative estimate of drug-likeness (QED) is 0.882. The van der Waals surface area contributed by atoms with E-state index in [9.17, 15) is 8.42 Å². The number of primary sulfonamides is 1. The third-order valence-corrected chi connectivity index (χ3v) is 4.60. The minimum Gasteiger partial charge on any atom is -0.382 e. The lowest BCUT2D eigenvalue weighted by molar-refractivity contribution is 0.309. The zero-order chi connectivity index (χ0) is 13.5. The molecule has 0 unspecified atom stereocenters. The fourth-order valence-corrected chi connectivity index (χ4v) is 3.00. The highest BCUT2D eigenvalue weighted by Crippen LogP contribution is 2.32. The molecule has 0 heterocycles. The van der Waals surface area contributed by atoms with E-state index in [1.54, 1.807) is 12.1 Å². The summed E-state index contributed by atoms with van der Waals surface area (Å²) in [6.45, 7) is 6.11. The highest BCUT2D eigenvalue weighted by molar-refractivity contribution is 7.89. The molecule has 0 aliphatic heterocycles. The van der Waals surface area contributed by atoms with Crippen LogP contribution in [0.4, 0.5) is 5.69 Å². The summed E-state index contributed by atoms with van der Waals surface area (Å²) in [4.78, 5) is 0.181. The zero-order valence-electron chi connectivity index (χ0n) is 11.0. The van der Waals surface area contributed by atoms with Gasteiger partial charge in [-0.05, 0) is 55.9 Å². The highest BCUT2D eigenvalue weighted by atomic mass is 32.2. The molecule has 1 fully saturated rings. The summed E-state index contributed by atoms with van der Waals surface area (Å²) in [6, 6.07) is 3.72. The van der Waals surface area contributed by atoms with Crippen LogP contribution in [0.5, 0.6) is 0 Å². The summed E-state index contributed by atoms with van der Waals surface area (Å²) < 4.78 is 22.8. The van der Waals surface area contributed by atoms with Crippen LogP contribution in [0.25, 0.3) is 0 Å². The van der Waals surface area contributed by atoms with Crippen LogP contribution in [0.15, 0.2) is 17.0 Å². The number of benzene rings is 1. The van der Waals surface area contributed by atoms with Crippen molar-refractivity contribution in [3.05, 3.63) is 23.3 Å². The number of nitrogens with one attached hydrogen (secondary N) is 1. The minimum atomic E-state index is -3.64. The Kier molecular flexibility index (Phi) is 3.38. The van der Waals surface area contributed by atoms with Gasteiger partial charge in [-0.15, -0.1) is 0 Å². The number of sulfonamides is 1. The third kappa shape index (κ3) is 2.67. The molecule has 0 radical (unpaired) electrons. The number of anilines is 1. The van der Waals surface area contributed by atoms with Crippen LogP contribution in [0, 0.1) is 19.8 Å². The largest absolute Gasteiger partial charge is 0.382 e. The van der Waals surface area contributed by atoms with Crippen molar-refractivity contribution >= 4 is 15.7 Å². The van der Waals surface area contributed by atoms with Gasteiger partial charge in [0.05, 0.1) is 4.90 Å². The molecule has 0 bridgehead atoms. The molecule has 2 rings (SSSR count). The maximum atomic E-state index is 11.4. The second-order valence-corrected chi connectivity index (χ2v) is 6.94. The molecule has 1 aliphatic rings. The van der Waals surface area contributed by atoms with Gasteiger partial charge in [0.15, 0.2) is 0 Å². The van der Waals surface area contributed by atoms with E-state index in [0.717, 1.165) is 35.6 Å². The van der Waals surface area contributed by atoms with E-state index < -0.39 is 10.0 Å². The molecular weight excluding hydrogens is 248 g/mol. The molecule has 0 spiro atoms. The van der Waals surface area contributed by atoms with Crippen molar-refractivity contribution in [2.45, 2.75) is 44.6 Å². The summed E-state index contributed by atoms with van der Waals surface area (Å²) >= 11 is 0. The van der Waals surface area contributed by atoms with E-state index in [2.05, 4.69) is 12.2 Å². The fraction of sp³-hybridized carbons (Fsp3) is 0.538. The van der Waals surface area contributed by atoms with Gasteiger partial charge in [-0.2, -0.15) is 0 Å². The van der Waals surface area contributed by atoms with Crippen molar-refractivity contribution in [2.75, 3.05) is 5.32 Å². The molecule has 3 N–H and O–H groups in total. The van der Waals surface area contributed by atoms with Crippen molar-refractivity contribution in [2.24, 2.45) is 11.1 Å². The van der Waals surface area contributed by atoms with E-state index in [1.165, 1.54) is 0 Å². The first-order chi connectivity index (χ1) is 8.27. The van der Waals surface area contributed by atoms with Crippen LogP contribution in [0.2, 0.25) is 0 Å². The SMILES string of the molecule is Cc1cc(S(N)(=O)=O)cc(NC2CC(C)C2)c1C. The van der Waals surface area contributed by atoms with Crippen LogP contribution >= 0.6 is 0 Å². The topological polar surface area (TPSA) is 72.2 Å². The Bertz CT molecular complexity index is 561. The van der Waals surface area contributed by atoms with Gasteiger partial charge in [0, 0.05) is 11.7 Å². The van der Waals surface area contributed by atoms with Crippen LogP contribution < -0.4 is 10.5 Å². The molecule has 1 aliphatic carbocycles. The molecule has 0 amide bonds. The molecule has 4 nitrogen and oxygen atoms in total. The van der Waals surface area contributed by atoms with Crippen molar-refractivity contribution in [1.29, 1.82) is 0 Å². The predicted molar refractivity (Wildman–Crippen MR) is 73.1 cm³/mol. The highest BCUT2D eigenvalue weighted by Gasteiger charge is 2.25. The molecule has 0 saturated heterocycles. The maximum Gasteiger partial charge on any atom is 0.238 e. The smallest absolute Gasteiger partial charge is 0.238 e. The molecule has 1 aromatic rings. The van der Waals surface area contributed by atoms with Crippen molar-refractivity contribution in [3.8, 4) is 0 Å². The van der Waals surface area contributed by atoms with Crippen LogP contribution in [0.3, 0.4) is 0 Å². The van der Waals surface area contributed by atoms with E-state index in [0.29, 0.717) is 6.04 Å². The van der Waals surface area contributed by atoms with Crippen LogP contribution in [-0.2, 0) is 10.0 Å². The molecule has 1 saturated carbocycles. The zero-order valence-corrected chi connectivity index (χ0v) is 11.8. The second-order valence-electron chi connectivity index (χ2n) is 5.38. The summed E-state index contributed by atoms with van der Waals surface area (Å²) in [5.41, 5.74) is 2.91. The Labute approximate surface area is 109 Å². The van der Waals surface area contributed by atoms with Crippen LogP contribution in [-0.4, -0.2) is 14.5 Å². The summed E-state index contributed by atoms with van der Waals surface area (Å²) in [7, 11) is -3.64. The Hall–Kier alpha value is -1.07. The summed E-state index contributed by atoms with van der Waals surface area (Å²) in [5, 5.41) is 8.60. The normalized spacial score (nSPS) is 23.6. The molecule has 5 heteroatoms. The van der Waals surface area contributed by atoms with Gasteiger partial charge >= 0.3 is 0 Å². The summed E-state index contributed by atoms with van der Waals surface area (Å²) in [6.07, 6.45) is 2.27. The van der Waals surface area contributed by atoms with Gasteiger partial charge in [0.25, 0.3) is 0 Å². The van der Waals surface area contributed by atoms with Gasteiger partial charge in [-0.3, -0.25) is 0 Å². The lowest BCUT2D eigenvalue weighted by atomic mass is 9.81. The average molecular weight is 268 g/mol. The lowest BCUT2D eigenvalue weighted by Crippen LogP contribution is -2.34. The molecule has 18 heavy (non-hydrogen) atoms. The van der Waals surface area contributed by atoms with E-state index in [-0.39, 0.29) is 4.90 Å². The van der Waals surface area contributed by atoms with Crippen molar-refractivity contribution < 1.29 is 8.42 Å². The number of aryl methyl sites for hydroxylation is 1. The van der Waals surface area contributed by atoms with Crippen LogP contribution in [0.1, 0.15) is 30.9 Å². The van der Waals surface area contributed by atoms with Gasteiger partial charge in [0.1, 0.15) is 0 Å². The average Bonchev–Trinajstić information content (AvgIpc) is 2.20. The Morgan fingerprint density at radius 3 is 2.39 bits per heavy atom.